The van der Waals surface area contributed by atoms with Crippen LogP contribution in [0.1, 0.15) is 46.0 Å². The van der Waals surface area contributed by atoms with Gasteiger partial charge in [-0.3, -0.25) is 4.90 Å². The molecule has 0 fully saturated rings. The molecule has 3 heteroatoms. The van der Waals surface area contributed by atoms with E-state index in [2.05, 4.69) is 32.6 Å². The second kappa shape index (κ2) is 5.51. The smallest absolute Gasteiger partial charge is 0.134 e. The third kappa shape index (κ3) is 2.30. The lowest BCUT2D eigenvalue weighted by molar-refractivity contribution is -0.0321. The Labute approximate surface area is 98.1 Å². The Morgan fingerprint density at radius 3 is 2.38 bits per heavy atom. The minimum absolute atomic E-state index is 0.263. The maximum Gasteiger partial charge on any atom is 0.134 e. The van der Waals surface area contributed by atoms with E-state index in [0.29, 0.717) is 5.76 Å². The molecular weight excluding hydrogens is 202 g/mol. The summed E-state index contributed by atoms with van der Waals surface area (Å²) in [6.45, 7) is 10.3. The Kier molecular flexibility index (Phi) is 4.56. The molecule has 92 valence electrons. The highest BCUT2D eigenvalue weighted by molar-refractivity contribution is 5.09. The van der Waals surface area contributed by atoms with Crippen molar-refractivity contribution in [2.45, 2.75) is 45.8 Å². The first-order chi connectivity index (χ1) is 7.60. The van der Waals surface area contributed by atoms with Crippen LogP contribution in [0.2, 0.25) is 0 Å². The summed E-state index contributed by atoms with van der Waals surface area (Å²) >= 11 is 0. The van der Waals surface area contributed by atoms with Crippen molar-refractivity contribution in [2.24, 2.45) is 0 Å². The molecule has 0 spiro atoms. The van der Waals surface area contributed by atoms with Crippen molar-refractivity contribution in [1.29, 1.82) is 0 Å². The summed E-state index contributed by atoms with van der Waals surface area (Å²) < 4.78 is 5.31. The van der Waals surface area contributed by atoms with Gasteiger partial charge < -0.3 is 9.52 Å². The van der Waals surface area contributed by atoms with Crippen LogP contribution < -0.4 is 0 Å². The zero-order valence-corrected chi connectivity index (χ0v) is 10.7. The summed E-state index contributed by atoms with van der Waals surface area (Å²) in [5.41, 5.74) is -0.263. The Bertz CT molecular complexity index is 293. The highest BCUT2D eigenvalue weighted by atomic mass is 16.4. The maximum absolute atomic E-state index is 10.4. The third-order valence-electron chi connectivity index (χ3n) is 3.60. The van der Waals surface area contributed by atoms with Crippen molar-refractivity contribution in [2.75, 3.05) is 13.1 Å². The molecule has 1 N–H and O–H groups in total. The van der Waals surface area contributed by atoms with Gasteiger partial charge in [-0.1, -0.05) is 20.8 Å². The molecule has 0 aromatic carbocycles. The van der Waals surface area contributed by atoms with Crippen LogP contribution in [0, 0.1) is 0 Å². The van der Waals surface area contributed by atoms with Crippen molar-refractivity contribution in [3.63, 3.8) is 0 Å². The lowest BCUT2D eigenvalue weighted by Gasteiger charge is -2.42. The number of nitrogens with zero attached hydrogens (tertiary/aromatic N) is 1. The van der Waals surface area contributed by atoms with Gasteiger partial charge in [0.15, 0.2) is 0 Å². The van der Waals surface area contributed by atoms with E-state index in [4.69, 9.17) is 4.42 Å². The molecule has 0 bridgehead atoms. The summed E-state index contributed by atoms with van der Waals surface area (Å²) in [6.07, 6.45) is 1.92. The lowest BCUT2D eigenvalue weighted by Crippen LogP contribution is -2.50. The number of likely N-dealkylation sites (N-methyl/N-ethyl adjacent to an activating group) is 1. The predicted octanol–water partition coefficient (Wildman–Crippen LogP) is 2.82. The lowest BCUT2D eigenvalue weighted by atomic mass is 9.88. The molecule has 16 heavy (non-hydrogen) atoms. The summed E-state index contributed by atoms with van der Waals surface area (Å²) in [6, 6.07) is 3.65. The van der Waals surface area contributed by atoms with Crippen LogP contribution in [0.3, 0.4) is 0 Å². The highest BCUT2D eigenvalue weighted by Crippen LogP contribution is 2.34. The van der Waals surface area contributed by atoms with E-state index in [1.165, 1.54) is 0 Å². The Balaban J connectivity index is 2.95. The van der Waals surface area contributed by atoms with Gasteiger partial charge in [0, 0.05) is 0 Å². The monoisotopic (exact) mass is 225 g/mol. The Hall–Kier alpha value is -0.800. The van der Waals surface area contributed by atoms with Gasteiger partial charge in [-0.25, -0.2) is 0 Å². The first-order valence-electron chi connectivity index (χ1n) is 6.06. The molecule has 1 heterocycles. The molecule has 3 nitrogen and oxygen atoms in total. The first-order valence-corrected chi connectivity index (χ1v) is 6.06. The van der Waals surface area contributed by atoms with Crippen molar-refractivity contribution in [1.82, 2.24) is 4.90 Å². The van der Waals surface area contributed by atoms with Gasteiger partial charge in [0.25, 0.3) is 0 Å². The summed E-state index contributed by atoms with van der Waals surface area (Å²) in [7, 11) is 0. The van der Waals surface area contributed by atoms with E-state index in [1.54, 1.807) is 6.26 Å². The van der Waals surface area contributed by atoms with Gasteiger partial charge in [-0.15, -0.1) is 0 Å². The molecule has 2 unspecified atom stereocenters. The van der Waals surface area contributed by atoms with Gasteiger partial charge in [0.05, 0.1) is 11.8 Å². The molecule has 0 aliphatic rings. The number of rotatable bonds is 6. The van der Waals surface area contributed by atoms with E-state index < -0.39 is 6.10 Å². The van der Waals surface area contributed by atoms with Crippen molar-refractivity contribution >= 4 is 0 Å². The fraction of sp³-hybridized carbons (Fsp3) is 0.692. The zero-order valence-electron chi connectivity index (χ0n) is 10.7. The fourth-order valence-electron chi connectivity index (χ4n) is 2.29. The minimum Gasteiger partial charge on any atom is -0.467 e. The van der Waals surface area contributed by atoms with E-state index in [1.807, 2.05) is 12.1 Å². The van der Waals surface area contributed by atoms with Gasteiger partial charge in [0.2, 0.25) is 0 Å². The van der Waals surface area contributed by atoms with E-state index in [0.717, 1.165) is 19.5 Å². The number of hydrogen-bond acceptors (Lipinski definition) is 3. The average molecular weight is 225 g/mol. The molecule has 0 aliphatic heterocycles. The SMILES string of the molecule is CCN(CC)C(C)(CC)C(O)c1ccco1. The molecule has 0 aliphatic carbocycles. The Morgan fingerprint density at radius 1 is 1.38 bits per heavy atom. The third-order valence-corrected chi connectivity index (χ3v) is 3.60. The second-order valence-corrected chi connectivity index (χ2v) is 4.30. The Morgan fingerprint density at radius 2 is 2.00 bits per heavy atom. The van der Waals surface area contributed by atoms with Gasteiger partial charge >= 0.3 is 0 Å². The van der Waals surface area contributed by atoms with Gasteiger partial charge in [-0.2, -0.15) is 0 Å². The largest absolute Gasteiger partial charge is 0.467 e. The zero-order chi connectivity index (χ0) is 12.2. The molecule has 0 amide bonds. The van der Waals surface area contributed by atoms with Gasteiger partial charge in [0.1, 0.15) is 11.9 Å². The number of hydrogen-bond donors (Lipinski definition) is 1. The molecule has 1 rings (SSSR count). The van der Waals surface area contributed by atoms with E-state index >= 15 is 0 Å². The van der Waals surface area contributed by atoms with Crippen LogP contribution in [0.4, 0.5) is 0 Å². The second-order valence-electron chi connectivity index (χ2n) is 4.30. The predicted molar refractivity (Wildman–Crippen MR) is 65.3 cm³/mol. The topological polar surface area (TPSA) is 36.6 Å². The molecule has 1 aromatic heterocycles. The number of aliphatic hydroxyl groups excluding tert-OH is 1. The van der Waals surface area contributed by atoms with Crippen LogP contribution in [-0.4, -0.2) is 28.6 Å². The summed E-state index contributed by atoms with van der Waals surface area (Å²) in [5.74, 6) is 0.649. The van der Waals surface area contributed by atoms with Crippen LogP contribution in [-0.2, 0) is 0 Å². The first kappa shape index (κ1) is 13.3. The highest BCUT2D eigenvalue weighted by Gasteiger charge is 2.38. The molecule has 1 aromatic rings. The number of furan rings is 1. The van der Waals surface area contributed by atoms with Crippen molar-refractivity contribution in [3.05, 3.63) is 24.2 Å². The molecule has 0 saturated heterocycles. The van der Waals surface area contributed by atoms with Crippen LogP contribution >= 0.6 is 0 Å². The fourth-order valence-corrected chi connectivity index (χ4v) is 2.29. The summed E-state index contributed by atoms with van der Waals surface area (Å²) in [4.78, 5) is 2.28. The minimum atomic E-state index is -0.576. The van der Waals surface area contributed by atoms with Crippen LogP contribution in [0.5, 0.6) is 0 Å². The van der Waals surface area contributed by atoms with Crippen LogP contribution in [0.15, 0.2) is 22.8 Å². The summed E-state index contributed by atoms with van der Waals surface area (Å²) in [5, 5.41) is 10.4. The molecular formula is C13H23NO2. The van der Waals surface area contributed by atoms with Crippen LogP contribution in [0.25, 0.3) is 0 Å². The quantitative estimate of drug-likeness (QED) is 0.808. The van der Waals surface area contributed by atoms with Gasteiger partial charge in [-0.05, 0) is 38.6 Å². The average Bonchev–Trinajstić information content (AvgIpc) is 2.82. The number of aliphatic hydroxyl groups is 1. The van der Waals surface area contributed by atoms with Crippen molar-refractivity contribution in [3.8, 4) is 0 Å². The van der Waals surface area contributed by atoms with E-state index in [-0.39, 0.29) is 5.54 Å². The maximum atomic E-state index is 10.4. The normalized spacial score (nSPS) is 17.4. The standard InChI is InChI=1S/C13H23NO2/c1-5-13(4,14(6-2)7-3)12(15)11-9-8-10-16-11/h8-10,12,15H,5-7H2,1-4H3. The van der Waals surface area contributed by atoms with E-state index in [9.17, 15) is 5.11 Å². The molecule has 0 radical (unpaired) electrons. The molecule has 0 saturated carbocycles. The van der Waals surface area contributed by atoms with Crippen molar-refractivity contribution < 1.29 is 9.52 Å². The molecule has 2 atom stereocenters.